The summed E-state index contributed by atoms with van der Waals surface area (Å²) in [5, 5.41) is 8.29. The number of para-hydroxylation sites is 1. The van der Waals surface area contributed by atoms with Gasteiger partial charge in [-0.15, -0.1) is 0 Å². The van der Waals surface area contributed by atoms with Crippen LogP contribution in [0.1, 0.15) is 40.4 Å². The van der Waals surface area contributed by atoms with Crippen molar-refractivity contribution in [3.8, 4) is 0 Å². The molecule has 1 N–H and O–H groups in total. The molecule has 24 heavy (non-hydrogen) atoms. The number of carbonyl (C=O) groups is 1. The zero-order valence-electron chi connectivity index (χ0n) is 14.1. The van der Waals surface area contributed by atoms with Crippen LogP contribution < -0.4 is 0 Å². The first-order valence-corrected chi connectivity index (χ1v) is 8.48. The molecule has 2 aromatic heterocycles. The van der Waals surface area contributed by atoms with Crippen molar-refractivity contribution in [3.05, 3.63) is 53.5 Å². The third kappa shape index (κ3) is 2.40. The predicted octanol–water partition coefficient (Wildman–Crippen LogP) is 3.23. The van der Waals surface area contributed by atoms with Gasteiger partial charge in [-0.3, -0.25) is 9.89 Å². The summed E-state index contributed by atoms with van der Waals surface area (Å²) < 4.78 is 2.03. The van der Waals surface area contributed by atoms with Gasteiger partial charge in [-0.05, 0) is 31.4 Å². The van der Waals surface area contributed by atoms with Gasteiger partial charge in [-0.25, -0.2) is 0 Å². The minimum atomic E-state index is 0.133. The number of aryl methyl sites for hydroxylation is 2. The van der Waals surface area contributed by atoms with Crippen molar-refractivity contribution in [2.75, 3.05) is 13.1 Å². The second-order valence-electron chi connectivity index (χ2n) is 6.73. The summed E-state index contributed by atoms with van der Waals surface area (Å²) in [4.78, 5) is 15.1. The maximum atomic E-state index is 13.1. The van der Waals surface area contributed by atoms with Gasteiger partial charge in [0.25, 0.3) is 5.91 Å². The normalized spacial score (nSPS) is 18.2. The molecule has 124 valence electrons. The fourth-order valence-corrected chi connectivity index (χ4v) is 3.85. The molecule has 0 unspecified atom stereocenters. The molecule has 0 bridgehead atoms. The number of nitrogens with zero attached hydrogens (tertiary/aromatic N) is 3. The van der Waals surface area contributed by atoms with Crippen LogP contribution in [0.25, 0.3) is 10.9 Å². The maximum absolute atomic E-state index is 13.1. The van der Waals surface area contributed by atoms with Crippen molar-refractivity contribution in [3.63, 3.8) is 0 Å². The molecule has 3 heterocycles. The molecule has 0 radical (unpaired) electrons. The zero-order valence-corrected chi connectivity index (χ0v) is 14.1. The molecule has 1 aliphatic heterocycles. The highest BCUT2D eigenvalue weighted by Crippen LogP contribution is 2.29. The Balaban J connectivity index is 1.63. The van der Waals surface area contributed by atoms with Crippen LogP contribution in [0.3, 0.4) is 0 Å². The summed E-state index contributed by atoms with van der Waals surface area (Å²) in [5.41, 5.74) is 4.25. The molecule has 0 spiro atoms. The lowest BCUT2D eigenvalue weighted by molar-refractivity contribution is 0.0707. The quantitative estimate of drug-likeness (QED) is 0.787. The summed E-state index contributed by atoms with van der Waals surface area (Å²) in [7, 11) is 1.99. The van der Waals surface area contributed by atoms with E-state index in [2.05, 4.69) is 23.2 Å². The molecule has 1 amide bonds. The first-order valence-electron chi connectivity index (χ1n) is 8.48. The van der Waals surface area contributed by atoms with Gasteiger partial charge in [0, 0.05) is 48.8 Å². The standard InChI is InChI=1S/C19H22N4O/c1-13-10-20-21-18(13)14-6-5-9-23(11-14)19(24)16-12-22(2)17-8-4-3-7-15(16)17/h3-4,7-8,10,12,14H,5-6,9,11H2,1-2H3,(H,20,21)/t14-/m1/s1. The van der Waals surface area contributed by atoms with Gasteiger partial charge in [0.15, 0.2) is 0 Å². The summed E-state index contributed by atoms with van der Waals surface area (Å²) >= 11 is 0. The minimum absolute atomic E-state index is 0.133. The SMILES string of the molecule is Cc1cn[nH]c1[C@@H]1CCCN(C(=O)c2cn(C)c3ccccc23)C1. The van der Waals surface area contributed by atoms with E-state index in [9.17, 15) is 4.79 Å². The number of fused-ring (bicyclic) bond motifs is 1. The van der Waals surface area contributed by atoms with Crippen molar-refractivity contribution in [1.82, 2.24) is 19.7 Å². The number of hydrogen-bond acceptors (Lipinski definition) is 2. The lowest BCUT2D eigenvalue weighted by atomic mass is 9.92. The summed E-state index contributed by atoms with van der Waals surface area (Å²) in [5.74, 6) is 0.480. The smallest absolute Gasteiger partial charge is 0.256 e. The van der Waals surface area contributed by atoms with Crippen LogP contribution in [0, 0.1) is 6.92 Å². The number of benzene rings is 1. The fourth-order valence-electron chi connectivity index (χ4n) is 3.85. The Hall–Kier alpha value is -2.56. The molecular weight excluding hydrogens is 300 g/mol. The van der Waals surface area contributed by atoms with E-state index in [0.29, 0.717) is 5.92 Å². The Morgan fingerprint density at radius 3 is 2.96 bits per heavy atom. The van der Waals surface area contributed by atoms with E-state index in [1.807, 2.05) is 47.1 Å². The molecule has 1 aliphatic rings. The molecule has 1 fully saturated rings. The number of likely N-dealkylation sites (tertiary alicyclic amines) is 1. The largest absolute Gasteiger partial charge is 0.350 e. The van der Waals surface area contributed by atoms with E-state index in [0.717, 1.165) is 42.4 Å². The number of rotatable bonds is 2. The first-order chi connectivity index (χ1) is 11.6. The molecule has 0 saturated carbocycles. The van der Waals surface area contributed by atoms with Gasteiger partial charge >= 0.3 is 0 Å². The van der Waals surface area contributed by atoms with Crippen LogP contribution in [-0.2, 0) is 7.05 Å². The maximum Gasteiger partial charge on any atom is 0.256 e. The van der Waals surface area contributed by atoms with E-state index in [4.69, 9.17) is 0 Å². The van der Waals surface area contributed by atoms with Crippen molar-refractivity contribution in [2.45, 2.75) is 25.7 Å². The van der Waals surface area contributed by atoms with Crippen LogP contribution in [-0.4, -0.2) is 38.7 Å². The lowest BCUT2D eigenvalue weighted by Crippen LogP contribution is -2.39. The summed E-state index contributed by atoms with van der Waals surface area (Å²) in [6, 6.07) is 8.09. The number of aromatic nitrogens is 3. The van der Waals surface area contributed by atoms with Gasteiger partial charge in [-0.1, -0.05) is 18.2 Å². The topological polar surface area (TPSA) is 53.9 Å². The Labute approximate surface area is 141 Å². The average molecular weight is 322 g/mol. The van der Waals surface area contributed by atoms with Gasteiger partial charge in [0.1, 0.15) is 0 Å². The van der Waals surface area contributed by atoms with E-state index in [1.54, 1.807) is 0 Å². The molecule has 5 heteroatoms. The summed E-state index contributed by atoms with van der Waals surface area (Å²) in [6.45, 7) is 3.65. The third-order valence-electron chi connectivity index (χ3n) is 5.11. The van der Waals surface area contributed by atoms with E-state index in [1.165, 1.54) is 11.3 Å². The highest BCUT2D eigenvalue weighted by molar-refractivity contribution is 6.07. The van der Waals surface area contributed by atoms with Gasteiger partial charge in [0.05, 0.1) is 11.8 Å². The van der Waals surface area contributed by atoms with Crippen LogP contribution >= 0.6 is 0 Å². The molecule has 4 rings (SSSR count). The number of H-pyrrole nitrogens is 1. The fraction of sp³-hybridized carbons (Fsp3) is 0.368. The summed E-state index contributed by atoms with van der Waals surface area (Å²) in [6.07, 6.45) is 5.95. The number of carbonyl (C=O) groups excluding carboxylic acids is 1. The number of piperidine rings is 1. The van der Waals surface area contributed by atoms with Crippen molar-refractivity contribution in [2.24, 2.45) is 7.05 Å². The van der Waals surface area contributed by atoms with Crippen LogP contribution in [0.15, 0.2) is 36.7 Å². The third-order valence-corrected chi connectivity index (χ3v) is 5.11. The Morgan fingerprint density at radius 2 is 2.17 bits per heavy atom. The van der Waals surface area contributed by atoms with Crippen molar-refractivity contribution < 1.29 is 4.79 Å². The first kappa shape index (κ1) is 15.0. The Kier molecular flexibility index (Phi) is 3.63. The number of hydrogen-bond donors (Lipinski definition) is 1. The minimum Gasteiger partial charge on any atom is -0.350 e. The van der Waals surface area contributed by atoms with Crippen LogP contribution in [0.4, 0.5) is 0 Å². The van der Waals surface area contributed by atoms with E-state index >= 15 is 0 Å². The molecule has 5 nitrogen and oxygen atoms in total. The number of nitrogens with one attached hydrogen (secondary N) is 1. The van der Waals surface area contributed by atoms with Gasteiger partial charge < -0.3 is 9.47 Å². The number of aromatic amines is 1. The van der Waals surface area contributed by atoms with Gasteiger partial charge in [0.2, 0.25) is 0 Å². The molecule has 1 saturated heterocycles. The molecule has 1 aromatic carbocycles. The van der Waals surface area contributed by atoms with Gasteiger partial charge in [-0.2, -0.15) is 5.10 Å². The second kappa shape index (κ2) is 5.82. The monoisotopic (exact) mass is 322 g/mol. The van der Waals surface area contributed by atoms with Crippen LogP contribution in [0.5, 0.6) is 0 Å². The van der Waals surface area contributed by atoms with E-state index in [-0.39, 0.29) is 5.91 Å². The molecular formula is C19H22N4O. The van der Waals surface area contributed by atoms with Crippen LogP contribution in [0.2, 0.25) is 0 Å². The second-order valence-corrected chi connectivity index (χ2v) is 6.73. The van der Waals surface area contributed by atoms with Crippen molar-refractivity contribution >= 4 is 16.8 Å². The van der Waals surface area contributed by atoms with E-state index < -0.39 is 0 Å². The average Bonchev–Trinajstić information content (AvgIpc) is 3.18. The highest BCUT2D eigenvalue weighted by atomic mass is 16.2. The van der Waals surface area contributed by atoms with Crippen molar-refractivity contribution in [1.29, 1.82) is 0 Å². The number of amides is 1. The molecule has 0 aliphatic carbocycles. The Morgan fingerprint density at radius 1 is 1.33 bits per heavy atom. The molecule has 1 atom stereocenters. The Bertz CT molecular complexity index is 892. The zero-order chi connectivity index (χ0) is 16.7. The predicted molar refractivity (Wildman–Crippen MR) is 94.1 cm³/mol. The molecule has 3 aromatic rings. The highest BCUT2D eigenvalue weighted by Gasteiger charge is 2.28. The lowest BCUT2D eigenvalue weighted by Gasteiger charge is -2.32.